The van der Waals surface area contributed by atoms with Crippen LogP contribution < -0.4 is 5.32 Å². The van der Waals surface area contributed by atoms with Gasteiger partial charge in [-0.25, -0.2) is 13.2 Å². The molecule has 1 saturated heterocycles. The number of halogens is 3. The lowest BCUT2D eigenvalue weighted by atomic mass is 9.81. The Balaban J connectivity index is 1.65. The van der Waals surface area contributed by atoms with E-state index in [1.807, 2.05) is 0 Å². The number of carbonyl (C=O) groups excluding carboxylic acids is 4. The molecule has 1 saturated carbocycles. The molecule has 0 spiro atoms. The Bertz CT molecular complexity index is 884. The molecule has 1 aromatic carbocycles. The van der Waals surface area contributed by atoms with Gasteiger partial charge in [-0.2, -0.15) is 0 Å². The molecule has 31 heavy (non-hydrogen) atoms. The number of anilines is 1. The monoisotopic (exact) mass is 439 g/mol. The summed E-state index contributed by atoms with van der Waals surface area (Å²) in [6, 6.07) is 1.55. The van der Waals surface area contributed by atoms with Crippen molar-refractivity contribution in [3.05, 3.63) is 29.6 Å². The number of benzene rings is 1. The standard InChI is InChI=1S/C21H24F3N3O4/c1-2-9-26(10-16(28)25-15-8-7-14(22)18(23)19(15)24)17(29)11-27-20(30)12-5-3-4-6-13(12)21(27)31/h7-8,12-13H,2-6,9-11H2,1H3,(H,25,28). The van der Waals surface area contributed by atoms with E-state index in [4.69, 9.17) is 0 Å². The lowest BCUT2D eigenvalue weighted by Crippen LogP contribution is -2.46. The van der Waals surface area contributed by atoms with Gasteiger partial charge in [-0.3, -0.25) is 24.1 Å². The predicted octanol–water partition coefficient (Wildman–Crippen LogP) is 2.46. The average molecular weight is 439 g/mol. The minimum atomic E-state index is -1.72. The summed E-state index contributed by atoms with van der Waals surface area (Å²) in [5, 5.41) is 2.11. The second-order valence-electron chi connectivity index (χ2n) is 7.85. The van der Waals surface area contributed by atoms with Gasteiger partial charge in [-0.1, -0.05) is 19.8 Å². The molecule has 2 atom stereocenters. The van der Waals surface area contributed by atoms with Crippen LogP contribution in [0.5, 0.6) is 0 Å². The minimum Gasteiger partial charge on any atom is -0.332 e. The van der Waals surface area contributed by atoms with E-state index in [0.29, 0.717) is 25.3 Å². The van der Waals surface area contributed by atoms with Crippen LogP contribution in [-0.4, -0.2) is 53.1 Å². The second-order valence-corrected chi connectivity index (χ2v) is 7.85. The molecule has 2 unspecified atom stereocenters. The van der Waals surface area contributed by atoms with Crippen LogP contribution in [0, 0.1) is 29.3 Å². The van der Waals surface area contributed by atoms with Crippen molar-refractivity contribution in [2.45, 2.75) is 39.0 Å². The Kier molecular flexibility index (Phi) is 6.97. The first-order chi connectivity index (χ1) is 14.7. The zero-order valence-electron chi connectivity index (χ0n) is 17.1. The minimum absolute atomic E-state index is 0.162. The van der Waals surface area contributed by atoms with E-state index in [0.717, 1.165) is 28.7 Å². The van der Waals surface area contributed by atoms with Crippen LogP contribution in [-0.2, 0) is 19.2 Å². The van der Waals surface area contributed by atoms with Gasteiger partial charge in [-0.15, -0.1) is 0 Å². The van der Waals surface area contributed by atoms with Gasteiger partial charge in [0, 0.05) is 6.54 Å². The van der Waals surface area contributed by atoms with Crippen molar-refractivity contribution in [2.75, 3.05) is 25.0 Å². The van der Waals surface area contributed by atoms with Gasteiger partial charge in [0.2, 0.25) is 23.6 Å². The van der Waals surface area contributed by atoms with Gasteiger partial charge in [-0.05, 0) is 31.4 Å². The molecule has 0 bridgehead atoms. The highest BCUT2D eigenvalue weighted by atomic mass is 19.2. The van der Waals surface area contributed by atoms with E-state index >= 15 is 0 Å². The van der Waals surface area contributed by atoms with E-state index in [1.165, 1.54) is 0 Å². The Morgan fingerprint density at radius 3 is 2.26 bits per heavy atom. The zero-order valence-corrected chi connectivity index (χ0v) is 17.1. The fourth-order valence-corrected chi connectivity index (χ4v) is 4.17. The maximum Gasteiger partial charge on any atom is 0.244 e. The third-order valence-corrected chi connectivity index (χ3v) is 5.72. The van der Waals surface area contributed by atoms with E-state index < -0.39 is 48.0 Å². The topological polar surface area (TPSA) is 86.8 Å². The molecule has 1 aliphatic heterocycles. The summed E-state index contributed by atoms with van der Waals surface area (Å²) in [6.07, 6.45) is 3.47. The van der Waals surface area contributed by atoms with E-state index in [9.17, 15) is 32.3 Å². The largest absolute Gasteiger partial charge is 0.332 e. The molecule has 1 heterocycles. The van der Waals surface area contributed by atoms with Gasteiger partial charge in [0.05, 0.1) is 24.1 Å². The molecule has 1 N–H and O–H groups in total. The maximum absolute atomic E-state index is 13.8. The predicted molar refractivity (Wildman–Crippen MR) is 104 cm³/mol. The highest BCUT2D eigenvalue weighted by Crippen LogP contribution is 2.37. The number of imide groups is 1. The van der Waals surface area contributed by atoms with Crippen molar-refractivity contribution in [3.63, 3.8) is 0 Å². The van der Waals surface area contributed by atoms with Crippen molar-refractivity contribution in [1.29, 1.82) is 0 Å². The lowest BCUT2D eigenvalue weighted by molar-refractivity contribution is -0.147. The first-order valence-electron chi connectivity index (χ1n) is 10.3. The number of hydrogen-bond donors (Lipinski definition) is 1. The van der Waals surface area contributed by atoms with Crippen LogP contribution in [0.3, 0.4) is 0 Å². The Morgan fingerprint density at radius 1 is 1.06 bits per heavy atom. The molecule has 7 nitrogen and oxygen atoms in total. The summed E-state index contributed by atoms with van der Waals surface area (Å²) in [5.74, 6) is -7.53. The lowest BCUT2D eigenvalue weighted by Gasteiger charge is -2.24. The highest BCUT2D eigenvalue weighted by Gasteiger charge is 2.48. The summed E-state index contributed by atoms with van der Waals surface area (Å²) in [5.41, 5.74) is -0.554. The Morgan fingerprint density at radius 2 is 1.68 bits per heavy atom. The Labute approximate surface area is 177 Å². The molecular formula is C21H24F3N3O4. The average Bonchev–Trinajstić information content (AvgIpc) is 2.99. The van der Waals surface area contributed by atoms with Crippen molar-refractivity contribution in [1.82, 2.24) is 9.80 Å². The number of nitrogens with zero attached hydrogens (tertiary/aromatic N) is 2. The first kappa shape index (κ1) is 22.8. The molecule has 168 valence electrons. The molecule has 1 aliphatic carbocycles. The molecule has 1 aromatic rings. The second kappa shape index (κ2) is 9.49. The molecule has 2 aliphatic rings. The SMILES string of the molecule is CCCN(CC(=O)Nc1ccc(F)c(F)c1F)C(=O)CN1C(=O)C2CCCCC2C1=O. The number of carbonyl (C=O) groups is 4. The van der Waals surface area contributed by atoms with Crippen LogP contribution in [0.1, 0.15) is 39.0 Å². The van der Waals surface area contributed by atoms with Crippen molar-refractivity contribution < 1.29 is 32.3 Å². The molecule has 2 fully saturated rings. The molecule has 3 rings (SSSR count). The number of amides is 4. The quantitative estimate of drug-likeness (QED) is 0.522. The van der Waals surface area contributed by atoms with Crippen LogP contribution in [0.2, 0.25) is 0 Å². The number of rotatable bonds is 7. The normalized spacial score (nSPS) is 20.6. The van der Waals surface area contributed by atoms with E-state index in [2.05, 4.69) is 5.32 Å². The third kappa shape index (κ3) is 4.72. The van der Waals surface area contributed by atoms with Gasteiger partial charge in [0.25, 0.3) is 0 Å². The fraction of sp³-hybridized carbons (Fsp3) is 0.524. The summed E-state index contributed by atoms with van der Waals surface area (Å²) in [6.45, 7) is 0.981. The number of fused-ring (bicyclic) bond motifs is 1. The number of likely N-dealkylation sites (tertiary alicyclic amines) is 1. The zero-order chi connectivity index (χ0) is 22.7. The van der Waals surface area contributed by atoms with Crippen molar-refractivity contribution in [2.24, 2.45) is 11.8 Å². The smallest absolute Gasteiger partial charge is 0.244 e. The van der Waals surface area contributed by atoms with E-state index in [1.54, 1.807) is 6.92 Å². The van der Waals surface area contributed by atoms with Crippen LogP contribution in [0.25, 0.3) is 0 Å². The summed E-state index contributed by atoms with van der Waals surface area (Å²) in [4.78, 5) is 52.3. The Hall–Kier alpha value is -2.91. The molecule has 0 aromatic heterocycles. The highest BCUT2D eigenvalue weighted by molar-refractivity contribution is 6.07. The van der Waals surface area contributed by atoms with Gasteiger partial charge < -0.3 is 10.2 Å². The van der Waals surface area contributed by atoms with Crippen LogP contribution in [0.15, 0.2) is 12.1 Å². The summed E-state index contributed by atoms with van der Waals surface area (Å²) < 4.78 is 40.2. The van der Waals surface area contributed by atoms with Gasteiger partial charge in [0.1, 0.15) is 6.54 Å². The van der Waals surface area contributed by atoms with Gasteiger partial charge >= 0.3 is 0 Å². The number of hydrogen-bond acceptors (Lipinski definition) is 4. The van der Waals surface area contributed by atoms with Crippen molar-refractivity contribution >= 4 is 29.3 Å². The van der Waals surface area contributed by atoms with Gasteiger partial charge in [0.15, 0.2) is 17.5 Å². The maximum atomic E-state index is 13.8. The van der Waals surface area contributed by atoms with Crippen LogP contribution >= 0.6 is 0 Å². The molecular weight excluding hydrogens is 415 g/mol. The van der Waals surface area contributed by atoms with Crippen molar-refractivity contribution in [3.8, 4) is 0 Å². The third-order valence-electron chi connectivity index (χ3n) is 5.72. The summed E-state index contributed by atoms with van der Waals surface area (Å²) >= 11 is 0. The van der Waals surface area contributed by atoms with Crippen LogP contribution in [0.4, 0.5) is 18.9 Å². The molecule has 0 radical (unpaired) electrons. The summed E-state index contributed by atoms with van der Waals surface area (Å²) in [7, 11) is 0. The fourth-order valence-electron chi connectivity index (χ4n) is 4.17. The van der Waals surface area contributed by atoms with E-state index in [-0.39, 0.29) is 30.2 Å². The first-order valence-corrected chi connectivity index (χ1v) is 10.3. The number of nitrogens with one attached hydrogen (secondary N) is 1. The molecule has 10 heteroatoms. The molecule has 4 amide bonds.